The van der Waals surface area contributed by atoms with Crippen molar-refractivity contribution in [3.05, 3.63) is 22.1 Å². The highest BCUT2D eigenvalue weighted by Gasteiger charge is 2.14. The Kier molecular flexibility index (Phi) is 5.12. The molecule has 0 aliphatic rings. The first-order valence-electron chi connectivity index (χ1n) is 7.22. The molecule has 2 aromatic heterocycles. The lowest BCUT2D eigenvalue weighted by Crippen LogP contribution is -2.36. The second-order valence-electron chi connectivity index (χ2n) is 5.70. The fourth-order valence-electron chi connectivity index (χ4n) is 1.90. The van der Waals surface area contributed by atoms with Crippen molar-refractivity contribution in [2.75, 3.05) is 25.0 Å². The zero-order chi connectivity index (χ0) is 16.3. The average molecular weight is 323 g/mol. The van der Waals surface area contributed by atoms with Gasteiger partial charge in [-0.25, -0.2) is 4.98 Å². The molecule has 0 aliphatic heterocycles. The van der Waals surface area contributed by atoms with Crippen LogP contribution in [0.25, 0.3) is 4.96 Å². The van der Waals surface area contributed by atoms with Gasteiger partial charge >= 0.3 is 0 Å². The summed E-state index contributed by atoms with van der Waals surface area (Å²) in [6.45, 7) is 6.88. The van der Waals surface area contributed by atoms with Crippen molar-refractivity contribution in [2.24, 2.45) is 5.92 Å². The summed E-state index contributed by atoms with van der Waals surface area (Å²) in [6, 6.07) is 1.44. The summed E-state index contributed by atoms with van der Waals surface area (Å²) in [7, 11) is 1.78. The van der Waals surface area contributed by atoms with Crippen molar-refractivity contribution in [2.45, 2.75) is 27.2 Å². The van der Waals surface area contributed by atoms with Gasteiger partial charge in [0, 0.05) is 25.4 Å². The number of anilines is 1. The molecule has 0 aliphatic carbocycles. The van der Waals surface area contributed by atoms with Crippen molar-refractivity contribution < 1.29 is 4.79 Å². The van der Waals surface area contributed by atoms with Crippen LogP contribution in [0.1, 0.15) is 26.0 Å². The molecule has 1 N–H and O–H groups in total. The van der Waals surface area contributed by atoms with E-state index in [1.807, 2.05) is 0 Å². The Bertz CT molecular complexity index is 722. The Morgan fingerprint density at radius 3 is 2.91 bits per heavy atom. The quantitative estimate of drug-likeness (QED) is 0.860. The molecule has 7 nitrogen and oxygen atoms in total. The molecular formula is C14H21N5O2S. The Balaban J connectivity index is 2.03. The van der Waals surface area contributed by atoms with Crippen LogP contribution in [0.4, 0.5) is 5.13 Å². The molecule has 2 heterocycles. The molecule has 0 atom stereocenters. The van der Waals surface area contributed by atoms with E-state index in [2.05, 4.69) is 29.2 Å². The predicted molar refractivity (Wildman–Crippen MR) is 87.6 cm³/mol. The number of aromatic nitrogens is 3. The number of hydrogen-bond donors (Lipinski definition) is 1. The van der Waals surface area contributed by atoms with Crippen LogP contribution in [0, 0.1) is 12.8 Å². The van der Waals surface area contributed by atoms with Gasteiger partial charge in [-0.15, -0.1) is 5.10 Å². The number of likely N-dealkylation sites (N-methyl/N-ethyl adjacent to an activating group) is 1. The van der Waals surface area contributed by atoms with Crippen LogP contribution in [-0.4, -0.2) is 40.6 Å². The molecule has 0 bridgehead atoms. The van der Waals surface area contributed by atoms with E-state index >= 15 is 0 Å². The molecule has 0 radical (unpaired) electrons. The third-order valence-corrected chi connectivity index (χ3v) is 4.14. The molecule has 22 heavy (non-hydrogen) atoms. The number of carbonyl (C=O) groups excluding carboxylic acids is 1. The number of carbonyl (C=O) groups is 1. The lowest BCUT2D eigenvalue weighted by molar-refractivity contribution is -0.119. The maximum atomic E-state index is 11.9. The standard InChI is InChI=1S/C14H21N5O2S/c1-9(2)5-6-15-11(20)8-18(4)14-17-19-12(21)7-10(3)16-13(19)22-14/h7,9H,5-6,8H2,1-4H3,(H,15,20). The summed E-state index contributed by atoms with van der Waals surface area (Å²) in [6.07, 6.45) is 0.954. The smallest absolute Gasteiger partial charge is 0.275 e. The number of nitrogens with one attached hydrogen (secondary N) is 1. The zero-order valence-corrected chi connectivity index (χ0v) is 14.1. The molecule has 0 saturated carbocycles. The van der Waals surface area contributed by atoms with Crippen molar-refractivity contribution >= 4 is 27.3 Å². The highest BCUT2D eigenvalue weighted by atomic mass is 32.1. The first kappa shape index (κ1) is 16.4. The molecule has 8 heteroatoms. The van der Waals surface area contributed by atoms with Gasteiger partial charge in [0.2, 0.25) is 16.0 Å². The summed E-state index contributed by atoms with van der Waals surface area (Å²) >= 11 is 1.29. The molecule has 1 amide bonds. The van der Waals surface area contributed by atoms with Crippen LogP contribution < -0.4 is 15.8 Å². The first-order chi connectivity index (χ1) is 10.4. The second kappa shape index (κ2) is 6.87. The van der Waals surface area contributed by atoms with Crippen molar-refractivity contribution in [1.82, 2.24) is 19.9 Å². The number of aryl methyl sites for hydroxylation is 1. The molecule has 0 aromatic carbocycles. The van der Waals surface area contributed by atoms with Crippen molar-refractivity contribution in [3.63, 3.8) is 0 Å². The number of nitrogens with zero attached hydrogens (tertiary/aromatic N) is 4. The third kappa shape index (κ3) is 4.03. The first-order valence-corrected chi connectivity index (χ1v) is 8.04. The van der Waals surface area contributed by atoms with Crippen LogP contribution in [0.5, 0.6) is 0 Å². The van der Waals surface area contributed by atoms with E-state index in [0.29, 0.717) is 28.2 Å². The Hall–Kier alpha value is -1.96. The minimum Gasteiger partial charge on any atom is -0.355 e. The van der Waals surface area contributed by atoms with E-state index in [0.717, 1.165) is 6.42 Å². The highest BCUT2D eigenvalue weighted by molar-refractivity contribution is 7.20. The van der Waals surface area contributed by atoms with Gasteiger partial charge < -0.3 is 10.2 Å². The third-order valence-electron chi connectivity index (χ3n) is 3.11. The average Bonchev–Trinajstić information content (AvgIpc) is 2.82. The van der Waals surface area contributed by atoms with Gasteiger partial charge in [0.25, 0.3) is 5.56 Å². The molecule has 0 saturated heterocycles. The minimum atomic E-state index is -0.209. The molecular weight excluding hydrogens is 302 g/mol. The maximum Gasteiger partial charge on any atom is 0.275 e. The molecule has 2 rings (SSSR count). The molecule has 0 spiro atoms. The monoisotopic (exact) mass is 323 g/mol. The summed E-state index contributed by atoms with van der Waals surface area (Å²) in [4.78, 5) is 30.3. The Morgan fingerprint density at radius 2 is 2.23 bits per heavy atom. The van der Waals surface area contributed by atoms with E-state index in [9.17, 15) is 9.59 Å². The summed E-state index contributed by atoms with van der Waals surface area (Å²) in [5, 5.41) is 7.69. The van der Waals surface area contributed by atoms with Crippen LogP contribution in [0.15, 0.2) is 10.9 Å². The Morgan fingerprint density at radius 1 is 1.50 bits per heavy atom. The van der Waals surface area contributed by atoms with Gasteiger partial charge in [0.1, 0.15) is 0 Å². The van der Waals surface area contributed by atoms with Gasteiger partial charge in [0.15, 0.2) is 0 Å². The van der Waals surface area contributed by atoms with Crippen LogP contribution in [0.3, 0.4) is 0 Å². The number of hydrogen-bond acceptors (Lipinski definition) is 6. The van der Waals surface area contributed by atoms with Crippen molar-refractivity contribution in [3.8, 4) is 0 Å². The number of fused-ring (bicyclic) bond motifs is 1. The minimum absolute atomic E-state index is 0.0566. The van der Waals surface area contributed by atoms with Crippen LogP contribution >= 0.6 is 11.3 Å². The summed E-state index contributed by atoms with van der Waals surface area (Å²) < 4.78 is 1.26. The summed E-state index contributed by atoms with van der Waals surface area (Å²) in [5.74, 6) is 0.502. The maximum absolute atomic E-state index is 11.9. The van der Waals surface area contributed by atoms with Crippen molar-refractivity contribution in [1.29, 1.82) is 0 Å². The molecule has 0 fully saturated rings. The van der Waals surface area contributed by atoms with E-state index in [-0.39, 0.29) is 18.0 Å². The van der Waals surface area contributed by atoms with E-state index in [1.165, 1.54) is 21.9 Å². The SMILES string of the molecule is Cc1cc(=O)n2nc(N(C)CC(=O)NCCC(C)C)sc2n1. The van der Waals surface area contributed by atoms with Gasteiger partial charge in [-0.3, -0.25) is 9.59 Å². The fourth-order valence-corrected chi connectivity index (χ4v) is 2.82. The molecule has 0 unspecified atom stereocenters. The topological polar surface area (TPSA) is 79.6 Å². The lowest BCUT2D eigenvalue weighted by Gasteiger charge is -2.14. The largest absolute Gasteiger partial charge is 0.355 e. The van der Waals surface area contributed by atoms with Crippen LogP contribution in [0.2, 0.25) is 0 Å². The van der Waals surface area contributed by atoms with E-state index < -0.39 is 0 Å². The number of amides is 1. The summed E-state index contributed by atoms with van der Waals surface area (Å²) in [5.41, 5.74) is 0.453. The second-order valence-corrected chi connectivity index (χ2v) is 6.64. The van der Waals surface area contributed by atoms with Gasteiger partial charge in [0.05, 0.1) is 6.54 Å². The van der Waals surface area contributed by atoms with E-state index in [1.54, 1.807) is 18.9 Å². The van der Waals surface area contributed by atoms with Gasteiger partial charge in [-0.1, -0.05) is 25.2 Å². The molecule has 120 valence electrons. The van der Waals surface area contributed by atoms with E-state index in [4.69, 9.17) is 0 Å². The number of rotatable bonds is 6. The van der Waals surface area contributed by atoms with Gasteiger partial charge in [-0.2, -0.15) is 4.52 Å². The predicted octanol–water partition coefficient (Wildman–Crippen LogP) is 1.06. The normalized spacial score (nSPS) is 11.1. The van der Waals surface area contributed by atoms with Crippen LogP contribution in [-0.2, 0) is 4.79 Å². The highest BCUT2D eigenvalue weighted by Crippen LogP contribution is 2.19. The van der Waals surface area contributed by atoms with Gasteiger partial charge in [-0.05, 0) is 19.3 Å². The Labute approximate surface area is 133 Å². The zero-order valence-electron chi connectivity index (χ0n) is 13.3. The molecule has 2 aromatic rings. The fraction of sp³-hybridized carbons (Fsp3) is 0.571. The lowest BCUT2D eigenvalue weighted by atomic mass is 10.1.